The predicted octanol–water partition coefficient (Wildman–Crippen LogP) is 2.53. The first-order chi connectivity index (χ1) is 6.81. The lowest BCUT2D eigenvalue weighted by Crippen LogP contribution is -2.46. The minimum Gasteiger partial charge on any atom is -0.324 e. The molecule has 90 valence electrons. The largest absolute Gasteiger partial charge is 0.324 e. The molecule has 0 aromatic heterocycles. The van der Waals surface area contributed by atoms with Crippen molar-refractivity contribution < 1.29 is 0 Å². The molecule has 0 unspecified atom stereocenters. The van der Waals surface area contributed by atoms with Crippen LogP contribution in [-0.4, -0.2) is 18.6 Å². The zero-order chi connectivity index (χ0) is 11.5. The van der Waals surface area contributed by atoms with Crippen molar-refractivity contribution >= 4 is 0 Å². The average molecular weight is 212 g/mol. The van der Waals surface area contributed by atoms with Gasteiger partial charge in [-0.15, -0.1) is 0 Å². The SMILES string of the molecule is CC(C)(N)CNCC(C)(C)C1CCCC1. The number of nitrogens with two attached hydrogens (primary N) is 1. The van der Waals surface area contributed by atoms with E-state index in [1.54, 1.807) is 0 Å². The molecular weight excluding hydrogens is 184 g/mol. The summed E-state index contributed by atoms with van der Waals surface area (Å²) in [6.45, 7) is 10.9. The molecule has 0 bridgehead atoms. The van der Waals surface area contributed by atoms with Gasteiger partial charge in [0, 0.05) is 18.6 Å². The van der Waals surface area contributed by atoms with E-state index in [9.17, 15) is 0 Å². The van der Waals surface area contributed by atoms with Gasteiger partial charge in [0.05, 0.1) is 0 Å². The van der Waals surface area contributed by atoms with Crippen molar-refractivity contribution in [2.75, 3.05) is 13.1 Å². The lowest BCUT2D eigenvalue weighted by atomic mass is 9.77. The highest BCUT2D eigenvalue weighted by Gasteiger charge is 2.31. The van der Waals surface area contributed by atoms with E-state index in [2.05, 4.69) is 33.0 Å². The highest BCUT2D eigenvalue weighted by atomic mass is 14.9. The van der Waals surface area contributed by atoms with E-state index in [0.717, 1.165) is 19.0 Å². The molecule has 1 rings (SSSR count). The van der Waals surface area contributed by atoms with E-state index < -0.39 is 0 Å². The Morgan fingerprint density at radius 3 is 2.07 bits per heavy atom. The van der Waals surface area contributed by atoms with Gasteiger partial charge < -0.3 is 11.1 Å². The van der Waals surface area contributed by atoms with Crippen molar-refractivity contribution in [2.24, 2.45) is 17.1 Å². The van der Waals surface area contributed by atoms with E-state index in [-0.39, 0.29) is 5.54 Å². The van der Waals surface area contributed by atoms with Crippen LogP contribution >= 0.6 is 0 Å². The third kappa shape index (κ3) is 4.52. The monoisotopic (exact) mass is 212 g/mol. The Bertz CT molecular complexity index is 185. The summed E-state index contributed by atoms with van der Waals surface area (Å²) < 4.78 is 0. The molecule has 2 heteroatoms. The van der Waals surface area contributed by atoms with Crippen LogP contribution in [0, 0.1) is 11.3 Å². The van der Waals surface area contributed by atoms with Crippen LogP contribution in [0.2, 0.25) is 0 Å². The van der Waals surface area contributed by atoms with Crippen LogP contribution in [0.5, 0.6) is 0 Å². The third-order valence-corrected chi connectivity index (χ3v) is 3.62. The van der Waals surface area contributed by atoms with Crippen LogP contribution in [-0.2, 0) is 0 Å². The van der Waals surface area contributed by atoms with Gasteiger partial charge in [0.15, 0.2) is 0 Å². The van der Waals surface area contributed by atoms with Gasteiger partial charge in [0.1, 0.15) is 0 Å². The van der Waals surface area contributed by atoms with Crippen LogP contribution in [0.1, 0.15) is 53.4 Å². The number of rotatable bonds is 5. The molecule has 0 aliphatic heterocycles. The highest BCUT2D eigenvalue weighted by Crippen LogP contribution is 2.38. The summed E-state index contributed by atoms with van der Waals surface area (Å²) in [5.74, 6) is 0.908. The van der Waals surface area contributed by atoms with Crippen molar-refractivity contribution in [3.63, 3.8) is 0 Å². The second kappa shape index (κ2) is 4.84. The van der Waals surface area contributed by atoms with E-state index in [0.29, 0.717) is 5.41 Å². The summed E-state index contributed by atoms with van der Waals surface area (Å²) in [5.41, 5.74) is 6.30. The van der Waals surface area contributed by atoms with Gasteiger partial charge in [-0.25, -0.2) is 0 Å². The minimum absolute atomic E-state index is 0.0915. The molecule has 3 N–H and O–H groups in total. The van der Waals surface area contributed by atoms with Gasteiger partial charge in [-0.2, -0.15) is 0 Å². The predicted molar refractivity (Wildman–Crippen MR) is 66.9 cm³/mol. The molecule has 0 saturated heterocycles. The summed E-state index contributed by atoms with van der Waals surface area (Å²) in [6.07, 6.45) is 5.69. The molecule has 2 nitrogen and oxygen atoms in total. The normalized spacial score (nSPS) is 19.8. The highest BCUT2D eigenvalue weighted by molar-refractivity contribution is 4.85. The topological polar surface area (TPSA) is 38.0 Å². The van der Waals surface area contributed by atoms with Crippen molar-refractivity contribution in [3.05, 3.63) is 0 Å². The molecule has 0 aromatic carbocycles. The Balaban J connectivity index is 2.29. The van der Waals surface area contributed by atoms with Crippen LogP contribution in [0.25, 0.3) is 0 Å². The van der Waals surface area contributed by atoms with Crippen molar-refractivity contribution in [1.29, 1.82) is 0 Å². The fourth-order valence-electron chi connectivity index (χ4n) is 2.56. The zero-order valence-electron chi connectivity index (χ0n) is 10.9. The van der Waals surface area contributed by atoms with E-state index in [1.807, 2.05) is 0 Å². The maximum absolute atomic E-state index is 5.96. The van der Waals surface area contributed by atoms with E-state index >= 15 is 0 Å². The fraction of sp³-hybridized carbons (Fsp3) is 1.00. The molecule has 0 aromatic rings. The van der Waals surface area contributed by atoms with Crippen molar-refractivity contribution in [1.82, 2.24) is 5.32 Å². The molecule has 0 radical (unpaired) electrons. The summed E-state index contributed by atoms with van der Waals surface area (Å²) in [6, 6.07) is 0. The van der Waals surface area contributed by atoms with Gasteiger partial charge in [-0.1, -0.05) is 26.7 Å². The lowest BCUT2D eigenvalue weighted by Gasteiger charge is -2.33. The molecular formula is C13H28N2. The zero-order valence-corrected chi connectivity index (χ0v) is 10.9. The van der Waals surface area contributed by atoms with Crippen LogP contribution in [0.4, 0.5) is 0 Å². The van der Waals surface area contributed by atoms with Gasteiger partial charge in [0.2, 0.25) is 0 Å². The first kappa shape index (κ1) is 13.0. The van der Waals surface area contributed by atoms with Crippen LogP contribution < -0.4 is 11.1 Å². The fourth-order valence-corrected chi connectivity index (χ4v) is 2.56. The number of hydrogen-bond donors (Lipinski definition) is 2. The summed E-state index contributed by atoms with van der Waals surface area (Å²) in [5, 5.41) is 3.52. The Hall–Kier alpha value is -0.0800. The van der Waals surface area contributed by atoms with Gasteiger partial charge >= 0.3 is 0 Å². The van der Waals surface area contributed by atoms with E-state index in [1.165, 1.54) is 25.7 Å². The summed E-state index contributed by atoms with van der Waals surface area (Å²) >= 11 is 0. The molecule has 0 spiro atoms. The van der Waals surface area contributed by atoms with Gasteiger partial charge in [-0.3, -0.25) is 0 Å². The van der Waals surface area contributed by atoms with Crippen LogP contribution in [0.15, 0.2) is 0 Å². The van der Waals surface area contributed by atoms with E-state index in [4.69, 9.17) is 5.73 Å². The van der Waals surface area contributed by atoms with Crippen molar-refractivity contribution in [2.45, 2.75) is 58.9 Å². The maximum atomic E-state index is 5.96. The van der Waals surface area contributed by atoms with Gasteiger partial charge in [-0.05, 0) is 38.0 Å². The minimum atomic E-state index is -0.0915. The Labute approximate surface area is 95.0 Å². The molecule has 0 atom stereocenters. The summed E-state index contributed by atoms with van der Waals surface area (Å²) in [7, 11) is 0. The first-order valence-corrected chi connectivity index (χ1v) is 6.31. The Morgan fingerprint density at radius 1 is 1.07 bits per heavy atom. The smallest absolute Gasteiger partial charge is 0.0223 e. The maximum Gasteiger partial charge on any atom is 0.0223 e. The molecule has 1 aliphatic carbocycles. The number of nitrogens with one attached hydrogen (secondary N) is 1. The number of hydrogen-bond acceptors (Lipinski definition) is 2. The second-order valence-electron chi connectivity index (χ2n) is 6.56. The quantitative estimate of drug-likeness (QED) is 0.735. The lowest BCUT2D eigenvalue weighted by molar-refractivity contribution is 0.204. The molecule has 0 amide bonds. The molecule has 1 fully saturated rings. The molecule has 15 heavy (non-hydrogen) atoms. The first-order valence-electron chi connectivity index (χ1n) is 6.31. The Kier molecular flexibility index (Phi) is 4.19. The third-order valence-electron chi connectivity index (χ3n) is 3.62. The average Bonchev–Trinajstić information content (AvgIpc) is 2.52. The Morgan fingerprint density at radius 2 is 1.60 bits per heavy atom. The van der Waals surface area contributed by atoms with Crippen LogP contribution in [0.3, 0.4) is 0 Å². The molecule has 0 heterocycles. The summed E-state index contributed by atoms with van der Waals surface area (Å²) in [4.78, 5) is 0. The molecule has 1 saturated carbocycles. The second-order valence-corrected chi connectivity index (χ2v) is 6.56. The standard InChI is InChI=1S/C13H28N2/c1-12(2,11-7-5-6-8-11)9-15-10-13(3,4)14/h11,15H,5-10,14H2,1-4H3. The van der Waals surface area contributed by atoms with Gasteiger partial charge in [0.25, 0.3) is 0 Å². The van der Waals surface area contributed by atoms with Crippen molar-refractivity contribution in [3.8, 4) is 0 Å². The molecule has 1 aliphatic rings.